The van der Waals surface area contributed by atoms with Crippen molar-refractivity contribution in [3.63, 3.8) is 0 Å². The molecule has 3 heterocycles. The van der Waals surface area contributed by atoms with E-state index >= 15 is 0 Å². The molecule has 2 aliphatic rings. The van der Waals surface area contributed by atoms with Crippen LogP contribution < -0.4 is 0 Å². The summed E-state index contributed by atoms with van der Waals surface area (Å²) in [5, 5.41) is 0. The van der Waals surface area contributed by atoms with Gasteiger partial charge in [0.25, 0.3) is 0 Å². The van der Waals surface area contributed by atoms with E-state index in [0.717, 1.165) is 5.92 Å². The van der Waals surface area contributed by atoms with Crippen molar-refractivity contribution in [2.24, 2.45) is 5.92 Å². The fourth-order valence-electron chi connectivity index (χ4n) is 3.19. The van der Waals surface area contributed by atoms with E-state index in [1.54, 1.807) is 0 Å². The minimum absolute atomic E-state index is 0.684. The Hall–Kier alpha value is -0.830. The van der Waals surface area contributed by atoms with Crippen molar-refractivity contribution >= 4 is 0 Å². The van der Waals surface area contributed by atoms with Gasteiger partial charge in [0.05, 0.1) is 5.69 Å². The molecule has 94 valence electrons. The molecule has 0 aromatic carbocycles. The van der Waals surface area contributed by atoms with Gasteiger partial charge in [0.1, 0.15) is 5.82 Å². The third-order valence-electron chi connectivity index (χ3n) is 4.38. The number of imidazole rings is 1. The van der Waals surface area contributed by atoms with Crippen LogP contribution in [0.25, 0.3) is 0 Å². The maximum atomic E-state index is 4.87. The molecule has 1 saturated heterocycles. The lowest BCUT2D eigenvalue weighted by atomic mass is 10.0. The second-order valence-corrected chi connectivity index (χ2v) is 5.76. The minimum Gasteiger partial charge on any atom is -0.334 e. The van der Waals surface area contributed by atoms with E-state index in [9.17, 15) is 0 Å². The molecule has 1 aromatic rings. The monoisotopic (exact) mass is 233 g/mol. The van der Waals surface area contributed by atoms with Crippen LogP contribution in [0.4, 0.5) is 0 Å². The number of likely N-dealkylation sites (tertiary alicyclic amines) is 1. The largest absolute Gasteiger partial charge is 0.334 e. The summed E-state index contributed by atoms with van der Waals surface area (Å²) < 4.78 is 2.40. The smallest absolute Gasteiger partial charge is 0.108 e. The summed E-state index contributed by atoms with van der Waals surface area (Å²) in [7, 11) is 0. The first-order chi connectivity index (χ1) is 8.26. The summed E-state index contributed by atoms with van der Waals surface area (Å²) >= 11 is 0. The van der Waals surface area contributed by atoms with Gasteiger partial charge in [0, 0.05) is 31.6 Å². The van der Waals surface area contributed by atoms with Crippen LogP contribution in [-0.2, 0) is 13.0 Å². The maximum absolute atomic E-state index is 4.87. The summed E-state index contributed by atoms with van der Waals surface area (Å²) in [5.41, 5.74) is 1.35. The molecule has 2 atom stereocenters. The molecule has 1 fully saturated rings. The molecule has 0 amide bonds. The molecular weight excluding hydrogens is 210 g/mol. The van der Waals surface area contributed by atoms with E-state index in [1.165, 1.54) is 57.0 Å². The number of hydrogen-bond acceptors (Lipinski definition) is 2. The zero-order valence-electron chi connectivity index (χ0n) is 11.0. The van der Waals surface area contributed by atoms with Gasteiger partial charge in [0.2, 0.25) is 0 Å². The van der Waals surface area contributed by atoms with Crippen LogP contribution in [0.3, 0.4) is 0 Å². The molecule has 0 aliphatic carbocycles. The predicted octanol–water partition coefficient (Wildman–Crippen LogP) is 2.27. The van der Waals surface area contributed by atoms with E-state index in [1.807, 2.05) is 0 Å². The third-order valence-corrected chi connectivity index (χ3v) is 4.38. The number of aromatic nitrogens is 2. The zero-order valence-corrected chi connectivity index (χ0v) is 11.0. The Morgan fingerprint density at radius 1 is 1.35 bits per heavy atom. The SMILES string of the molecule is CCN1CCC(c2cn3c(n2)CCC(C)C3)C1. The molecule has 2 aliphatic heterocycles. The first kappa shape index (κ1) is 11.3. The number of nitrogens with zero attached hydrogens (tertiary/aromatic N) is 3. The Balaban J connectivity index is 1.76. The van der Waals surface area contributed by atoms with Crippen molar-refractivity contribution in [2.75, 3.05) is 19.6 Å². The molecule has 1 aromatic heterocycles. The number of fused-ring (bicyclic) bond motifs is 1. The summed E-state index contributed by atoms with van der Waals surface area (Å²) in [6.45, 7) is 9.41. The summed E-state index contributed by atoms with van der Waals surface area (Å²) in [5.74, 6) is 2.83. The lowest BCUT2D eigenvalue weighted by Gasteiger charge is -2.19. The maximum Gasteiger partial charge on any atom is 0.108 e. The first-order valence-electron chi connectivity index (χ1n) is 7.04. The van der Waals surface area contributed by atoms with Gasteiger partial charge in [-0.3, -0.25) is 0 Å². The molecule has 0 radical (unpaired) electrons. The average Bonchev–Trinajstić information content (AvgIpc) is 2.93. The van der Waals surface area contributed by atoms with Crippen LogP contribution >= 0.6 is 0 Å². The quantitative estimate of drug-likeness (QED) is 0.781. The molecule has 0 N–H and O–H groups in total. The number of aryl methyl sites for hydroxylation is 1. The Labute approximate surface area is 104 Å². The first-order valence-corrected chi connectivity index (χ1v) is 7.04. The number of rotatable bonds is 2. The minimum atomic E-state index is 0.684. The highest BCUT2D eigenvalue weighted by Gasteiger charge is 2.26. The van der Waals surface area contributed by atoms with E-state index in [0.29, 0.717) is 5.92 Å². The van der Waals surface area contributed by atoms with Crippen LogP contribution in [0, 0.1) is 5.92 Å². The normalized spacial score (nSPS) is 29.5. The second-order valence-electron chi connectivity index (χ2n) is 5.76. The lowest BCUT2D eigenvalue weighted by Crippen LogP contribution is -2.19. The summed E-state index contributed by atoms with van der Waals surface area (Å²) in [4.78, 5) is 7.41. The van der Waals surface area contributed by atoms with Crippen molar-refractivity contribution in [2.45, 2.75) is 45.6 Å². The van der Waals surface area contributed by atoms with E-state index < -0.39 is 0 Å². The van der Waals surface area contributed by atoms with Crippen molar-refractivity contribution < 1.29 is 0 Å². The summed E-state index contributed by atoms with van der Waals surface area (Å²) in [6.07, 6.45) is 6.10. The lowest BCUT2D eigenvalue weighted by molar-refractivity contribution is 0.353. The van der Waals surface area contributed by atoms with Gasteiger partial charge < -0.3 is 9.47 Å². The number of hydrogen-bond donors (Lipinski definition) is 0. The molecule has 3 rings (SSSR count). The molecule has 0 saturated carbocycles. The molecule has 17 heavy (non-hydrogen) atoms. The fourth-order valence-corrected chi connectivity index (χ4v) is 3.19. The number of likely N-dealkylation sites (N-methyl/N-ethyl adjacent to an activating group) is 1. The van der Waals surface area contributed by atoms with Crippen LogP contribution in [0.15, 0.2) is 6.20 Å². The zero-order chi connectivity index (χ0) is 11.8. The van der Waals surface area contributed by atoms with Gasteiger partial charge in [0.15, 0.2) is 0 Å². The van der Waals surface area contributed by atoms with Crippen LogP contribution in [-0.4, -0.2) is 34.1 Å². The van der Waals surface area contributed by atoms with Gasteiger partial charge in [-0.25, -0.2) is 4.98 Å². The van der Waals surface area contributed by atoms with Gasteiger partial charge in [-0.15, -0.1) is 0 Å². The van der Waals surface area contributed by atoms with Crippen molar-refractivity contribution in [1.29, 1.82) is 0 Å². The highest BCUT2D eigenvalue weighted by molar-refractivity contribution is 5.13. The van der Waals surface area contributed by atoms with Gasteiger partial charge in [-0.2, -0.15) is 0 Å². The van der Waals surface area contributed by atoms with Crippen LogP contribution in [0.5, 0.6) is 0 Å². The fraction of sp³-hybridized carbons (Fsp3) is 0.786. The topological polar surface area (TPSA) is 21.1 Å². The van der Waals surface area contributed by atoms with Crippen LogP contribution in [0.1, 0.15) is 44.1 Å². The molecule has 0 bridgehead atoms. The Kier molecular flexibility index (Phi) is 2.95. The van der Waals surface area contributed by atoms with E-state index in [-0.39, 0.29) is 0 Å². The van der Waals surface area contributed by atoms with Crippen molar-refractivity contribution in [3.05, 3.63) is 17.7 Å². The standard InChI is InChI=1S/C14H23N3/c1-3-16-7-6-12(9-16)13-10-17-8-11(2)4-5-14(17)15-13/h10-12H,3-9H2,1-2H3. The highest BCUT2D eigenvalue weighted by Crippen LogP contribution is 2.28. The predicted molar refractivity (Wildman–Crippen MR) is 69.2 cm³/mol. The Morgan fingerprint density at radius 3 is 3.00 bits per heavy atom. The molecule has 3 heteroatoms. The van der Waals surface area contributed by atoms with Gasteiger partial charge in [-0.05, 0) is 31.8 Å². The van der Waals surface area contributed by atoms with Crippen LogP contribution in [0.2, 0.25) is 0 Å². The molecule has 3 nitrogen and oxygen atoms in total. The highest BCUT2D eigenvalue weighted by atomic mass is 15.2. The molecular formula is C14H23N3. The third kappa shape index (κ3) is 2.13. The van der Waals surface area contributed by atoms with E-state index in [2.05, 4.69) is 29.5 Å². The second kappa shape index (κ2) is 4.45. The summed E-state index contributed by atoms with van der Waals surface area (Å²) in [6, 6.07) is 0. The van der Waals surface area contributed by atoms with Gasteiger partial charge >= 0.3 is 0 Å². The molecule has 2 unspecified atom stereocenters. The molecule has 0 spiro atoms. The Bertz CT molecular complexity index is 396. The van der Waals surface area contributed by atoms with Crippen molar-refractivity contribution in [1.82, 2.24) is 14.5 Å². The Morgan fingerprint density at radius 2 is 2.24 bits per heavy atom. The average molecular weight is 233 g/mol. The van der Waals surface area contributed by atoms with Gasteiger partial charge in [-0.1, -0.05) is 13.8 Å². The van der Waals surface area contributed by atoms with E-state index in [4.69, 9.17) is 4.98 Å². The van der Waals surface area contributed by atoms with Crippen molar-refractivity contribution in [3.8, 4) is 0 Å².